The Labute approximate surface area is 168 Å². The van der Waals surface area contributed by atoms with Gasteiger partial charge in [-0.3, -0.25) is 9.59 Å². The van der Waals surface area contributed by atoms with Gasteiger partial charge in [0.05, 0.1) is 37.1 Å². The predicted molar refractivity (Wildman–Crippen MR) is 104 cm³/mol. The van der Waals surface area contributed by atoms with Crippen molar-refractivity contribution in [3.63, 3.8) is 0 Å². The van der Waals surface area contributed by atoms with Crippen molar-refractivity contribution in [1.82, 2.24) is 10.2 Å². The summed E-state index contributed by atoms with van der Waals surface area (Å²) in [7, 11) is 3.15. The van der Waals surface area contributed by atoms with Gasteiger partial charge in [0.1, 0.15) is 5.75 Å². The van der Waals surface area contributed by atoms with Crippen LogP contribution in [0, 0.1) is 5.92 Å². The molecule has 0 radical (unpaired) electrons. The van der Waals surface area contributed by atoms with Crippen molar-refractivity contribution in [1.29, 1.82) is 0 Å². The molecule has 2 saturated heterocycles. The Morgan fingerprint density at radius 3 is 2.59 bits per heavy atom. The van der Waals surface area contributed by atoms with E-state index in [0.717, 1.165) is 0 Å². The molecule has 4 unspecified atom stereocenters. The third-order valence-electron chi connectivity index (χ3n) is 6.58. The Morgan fingerprint density at radius 2 is 1.97 bits per heavy atom. The van der Waals surface area contributed by atoms with E-state index >= 15 is 0 Å². The van der Waals surface area contributed by atoms with E-state index in [9.17, 15) is 14.7 Å². The van der Waals surface area contributed by atoms with Crippen molar-refractivity contribution in [3.05, 3.63) is 46.8 Å². The molecule has 0 spiro atoms. The van der Waals surface area contributed by atoms with Crippen molar-refractivity contribution in [3.8, 4) is 5.75 Å². The summed E-state index contributed by atoms with van der Waals surface area (Å²) in [6, 6.07) is 7.33. The minimum absolute atomic E-state index is 0.00541. The Bertz CT molecular complexity index is 983. The Morgan fingerprint density at radius 1 is 1.24 bits per heavy atom. The van der Waals surface area contributed by atoms with Crippen LogP contribution in [-0.2, 0) is 14.3 Å². The molecule has 8 heteroatoms. The lowest BCUT2D eigenvalue weighted by atomic mass is 9.82. The van der Waals surface area contributed by atoms with Crippen LogP contribution in [0.5, 0.6) is 5.75 Å². The first-order valence-electron chi connectivity index (χ1n) is 9.63. The smallest absolute Gasteiger partial charge is 0.208 e. The number of allylic oxidation sites excluding steroid dienone is 2. The number of Topliss-reactive ketones (excluding diaryl/α,β-unsaturated/α-hetero) is 2. The molecular weight excluding hydrogens is 374 g/mol. The SMILES string of the molecule is COc1ccc(NC2=C(C)C(=O)C3=C(C2=O)C(CO)C2(OC)C4NC4CN32)cc1. The van der Waals surface area contributed by atoms with Crippen LogP contribution in [-0.4, -0.2) is 66.8 Å². The average Bonchev–Trinajstić information content (AvgIpc) is 3.35. The molecule has 0 amide bonds. The number of fused-ring (bicyclic) bond motifs is 4. The molecule has 29 heavy (non-hydrogen) atoms. The molecule has 1 aromatic carbocycles. The second-order valence-electron chi connectivity index (χ2n) is 7.83. The Hall–Kier alpha value is -2.68. The van der Waals surface area contributed by atoms with Gasteiger partial charge in [0, 0.05) is 36.5 Å². The average molecular weight is 397 g/mol. The molecule has 3 N–H and O–H groups in total. The Kier molecular flexibility index (Phi) is 3.90. The highest BCUT2D eigenvalue weighted by Gasteiger charge is 2.72. The molecule has 152 valence electrons. The van der Waals surface area contributed by atoms with E-state index in [0.29, 0.717) is 34.8 Å². The lowest BCUT2D eigenvalue weighted by molar-refractivity contribution is -0.137. The van der Waals surface area contributed by atoms with Crippen molar-refractivity contribution in [2.75, 3.05) is 32.7 Å². The molecule has 2 fully saturated rings. The van der Waals surface area contributed by atoms with Gasteiger partial charge in [0.2, 0.25) is 11.6 Å². The van der Waals surface area contributed by atoms with Crippen molar-refractivity contribution >= 4 is 17.3 Å². The number of anilines is 1. The third-order valence-corrected chi connectivity index (χ3v) is 6.58. The van der Waals surface area contributed by atoms with Gasteiger partial charge in [-0.2, -0.15) is 0 Å². The summed E-state index contributed by atoms with van der Waals surface area (Å²) in [6.07, 6.45) is 0. The number of hydrogen-bond donors (Lipinski definition) is 3. The highest BCUT2D eigenvalue weighted by Crippen LogP contribution is 2.55. The van der Waals surface area contributed by atoms with E-state index in [2.05, 4.69) is 10.6 Å². The number of aliphatic hydroxyl groups excluding tert-OH is 1. The number of piperazine rings is 1. The standard InChI is InChI=1S/C21H23N3O5/c1-10-16(22-11-4-6-12(28-2)7-5-11)19(27)15-13(9-25)21(29-3)20-14(23-20)8-24(21)17(15)18(10)26/h4-7,13-14,20,22-23,25H,8-9H2,1-3H3. The summed E-state index contributed by atoms with van der Waals surface area (Å²) < 4.78 is 11.0. The second-order valence-corrected chi connectivity index (χ2v) is 7.83. The first-order valence-corrected chi connectivity index (χ1v) is 9.63. The fourth-order valence-electron chi connectivity index (χ4n) is 5.11. The van der Waals surface area contributed by atoms with Gasteiger partial charge in [-0.1, -0.05) is 0 Å². The number of rotatable bonds is 5. The zero-order valence-electron chi connectivity index (χ0n) is 16.5. The summed E-state index contributed by atoms with van der Waals surface area (Å²) in [4.78, 5) is 28.7. The molecule has 1 aromatic rings. The van der Waals surface area contributed by atoms with Gasteiger partial charge in [0.15, 0.2) is 5.72 Å². The second kappa shape index (κ2) is 6.16. The lowest BCUT2D eigenvalue weighted by Crippen LogP contribution is -2.54. The maximum atomic E-state index is 13.5. The Balaban J connectivity index is 1.54. The summed E-state index contributed by atoms with van der Waals surface area (Å²) in [6.45, 7) is 1.97. The summed E-state index contributed by atoms with van der Waals surface area (Å²) in [5, 5.41) is 16.6. The van der Waals surface area contributed by atoms with Crippen LogP contribution >= 0.6 is 0 Å². The fourth-order valence-corrected chi connectivity index (χ4v) is 5.11. The zero-order valence-corrected chi connectivity index (χ0v) is 16.5. The van der Waals surface area contributed by atoms with E-state index in [-0.39, 0.29) is 36.0 Å². The number of ether oxygens (including phenoxy) is 2. The van der Waals surface area contributed by atoms with E-state index in [4.69, 9.17) is 9.47 Å². The van der Waals surface area contributed by atoms with Gasteiger partial charge in [0.25, 0.3) is 0 Å². The maximum Gasteiger partial charge on any atom is 0.208 e. The van der Waals surface area contributed by atoms with Gasteiger partial charge >= 0.3 is 0 Å². The quantitative estimate of drug-likeness (QED) is 0.484. The molecule has 5 rings (SSSR count). The van der Waals surface area contributed by atoms with Crippen molar-refractivity contribution in [2.24, 2.45) is 5.92 Å². The molecule has 0 bridgehead atoms. The van der Waals surface area contributed by atoms with E-state index in [1.807, 2.05) is 4.90 Å². The predicted octanol–water partition coefficient (Wildman–Crippen LogP) is 0.408. The van der Waals surface area contributed by atoms with E-state index < -0.39 is 11.6 Å². The number of carbonyl (C=O) groups excluding carboxylic acids is 2. The first kappa shape index (κ1) is 18.4. The molecule has 4 aliphatic rings. The molecule has 1 aliphatic carbocycles. The first-order chi connectivity index (χ1) is 14.0. The number of carbonyl (C=O) groups is 2. The van der Waals surface area contributed by atoms with Crippen LogP contribution < -0.4 is 15.4 Å². The molecule has 3 heterocycles. The van der Waals surface area contributed by atoms with Crippen LogP contribution in [0.25, 0.3) is 0 Å². The minimum atomic E-state index is -0.898. The summed E-state index contributed by atoms with van der Waals surface area (Å²) in [5.74, 6) is -0.364. The number of nitrogens with one attached hydrogen (secondary N) is 2. The van der Waals surface area contributed by atoms with Crippen molar-refractivity contribution < 1.29 is 24.2 Å². The highest BCUT2D eigenvalue weighted by molar-refractivity contribution is 6.26. The number of nitrogens with zero attached hydrogens (tertiary/aromatic N) is 1. The summed E-state index contributed by atoms with van der Waals surface area (Å²) >= 11 is 0. The third kappa shape index (κ3) is 2.24. The molecular formula is C21H23N3O5. The largest absolute Gasteiger partial charge is 0.497 e. The molecule has 8 nitrogen and oxygen atoms in total. The number of methoxy groups -OCH3 is 2. The number of ketones is 2. The minimum Gasteiger partial charge on any atom is -0.497 e. The fraction of sp³-hybridized carbons (Fsp3) is 0.429. The number of aliphatic hydroxyl groups is 1. The van der Waals surface area contributed by atoms with Gasteiger partial charge in [-0.25, -0.2) is 0 Å². The summed E-state index contributed by atoms with van der Waals surface area (Å²) in [5.41, 5.74) is 1.10. The van der Waals surface area contributed by atoms with Gasteiger partial charge in [-0.05, 0) is 31.2 Å². The number of hydrogen-bond acceptors (Lipinski definition) is 8. The van der Waals surface area contributed by atoms with Crippen LogP contribution in [0.3, 0.4) is 0 Å². The normalized spacial score (nSPS) is 32.4. The molecule has 3 aliphatic heterocycles. The van der Waals surface area contributed by atoms with E-state index in [1.165, 1.54) is 0 Å². The monoisotopic (exact) mass is 397 g/mol. The highest BCUT2D eigenvalue weighted by atomic mass is 16.5. The van der Waals surface area contributed by atoms with Crippen LogP contribution in [0.4, 0.5) is 5.69 Å². The topological polar surface area (TPSA) is 110 Å². The van der Waals surface area contributed by atoms with Crippen molar-refractivity contribution in [2.45, 2.75) is 24.7 Å². The van der Waals surface area contributed by atoms with E-state index in [1.54, 1.807) is 45.4 Å². The zero-order chi connectivity index (χ0) is 20.5. The van der Waals surface area contributed by atoms with Crippen LogP contribution in [0.2, 0.25) is 0 Å². The van der Waals surface area contributed by atoms with Crippen LogP contribution in [0.15, 0.2) is 46.8 Å². The molecule has 0 aromatic heterocycles. The maximum absolute atomic E-state index is 13.5. The van der Waals surface area contributed by atoms with Crippen LogP contribution in [0.1, 0.15) is 6.92 Å². The van der Waals surface area contributed by atoms with Gasteiger partial charge in [-0.15, -0.1) is 0 Å². The number of benzene rings is 1. The molecule has 0 saturated carbocycles. The van der Waals surface area contributed by atoms with Gasteiger partial charge < -0.3 is 30.1 Å². The lowest BCUT2D eigenvalue weighted by Gasteiger charge is -2.39. The molecule has 4 atom stereocenters.